The van der Waals surface area contributed by atoms with Crippen LogP contribution in [0.3, 0.4) is 0 Å². The van der Waals surface area contributed by atoms with Crippen molar-refractivity contribution in [3.8, 4) is 0 Å². The molecule has 1 heterocycles. The second-order valence-corrected chi connectivity index (χ2v) is 4.99. The number of nitrogens with one attached hydrogen (secondary N) is 1. The van der Waals surface area contributed by atoms with Gasteiger partial charge in [0.2, 0.25) is 0 Å². The van der Waals surface area contributed by atoms with E-state index < -0.39 is 0 Å². The van der Waals surface area contributed by atoms with Gasteiger partial charge in [0.1, 0.15) is 16.4 Å². The van der Waals surface area contributed by atoms with Crippen LogP contribution >= 0.6 is 15.9 Å². The number of H-pyrrole nitrogens is 1. The molecular formula is C13H21BrN2O2. The highest BCUT2D eigenvalue weighted by Crippen LogP contribution is 2.20. The van der Waals surface area contributed by atoms with Crippen molar-refractivity contribution in [1.82, 2.24) is 9.97 Å². The Hall–Kier alpha value is -0.680. The van der Waals surface area contributed by atoms with Crippen molar-refractivity contribution in [2.24, 2.45) is 0 Å². The molecule has 1 aromatic heterocycles. The largest absolute Gasteiger partial charge is 0.371 e. The van der Waals surface area contributed by atoms with Gasteiger partial charge in [0.05, 0.1) is 5.69 Å². The summed E-state index contributed by atoms with van der Waals surface area (Å²) < 4.78 is 6.19. The summed E-state index contributed by atoms with van der Waals surface area (Å²) in [5.74, 6) is 0.648. The van der Waals surface area contributed by atoms with Crippen molar-refractivity contribution >= 4 is 15.9 Å². The number of halogens is 1. The van der Waals surface area contributed by atoms with Gasteiger partial charge in [-0.2, -0.15) is 0 Å². The molecule has 0 aliphatic rings. The van der Waals surface area contributed by atoms with Crippen LogP contribution in [0.15, 0.2) is 9.27 Å². The second-order valence-electron chi connectivity index (χ2n) is 4.19. The van der Waals surface area contributed by atoms with Gasteiger partial charge in [-0.15, -0.1) is 0 Å². The standard InChI is InChI=1S/C13H21BrN2O2/c1-4-7-9-11(14)13(17)16-12(15-9)10(8-5-2)18-6-3/h10H,4-8H2,1-3H3,(H,15,16,17). The van der Waals surface area contributed by atoms with Crippen molar-refractivity contribution in [1.29, 1.82) is 0 Å². The number of aryl methyl sites for hydroxylation is 1. The summed E-state index contributed by atoms with van der Waals surface area (Å²) in [5.41, 5.74) is 0.696. The first-order chi connectivity index (χ1) is 8.63. The molecule has 5 heteroatoms. The van der Waals surface area contributed by atoms with E-state index in [4.69, 9.17) is 4.74 Å². The van der Waals surface area contributed by atoms with E-state index in [1.54, 1.807) is 0 Å². The number of hydrogen-bond donors (Lipinski definition) is 1. The molecule has 0 aromatic carbocycles. The fraction of sp³-hybridized carbons (Fsp3) is 0.692. The summed E-state index contributed by atoms with van der Waals surface area (Å²) in [6.07, 6.45) is 3.50. The van der Waals surface area contributed by atoms with E-state index in [9.17, 15) is 4.79 Å². The third-order valence-electron chi connectivity index (χ3n) is 2.66. The monoisotopic (exact) mass is 316 g/mol. The maximum absolute atomic E-state index is 11.9. The predicted molar refractivity (Wildman–Crippen MR) is 75.8 cm³/mol. The highest BCUT2D eigenvalue weighted by atomic mass is 79.9. The first kappa shape index (κ1) is 15.4. The molecule has 1 rings (SSSR count). The lowest BCUT2D eigenvalue weighted by Gasteiger charge is -2.16. The van der Waals surface area contributed by atoms with Gasteiger partial charge < -0.3 is 9.72 Å². The zero-order chi connectivity index (χ0) is 13.5. The molecule has 0 amide bonds. The van der Waals surface area contributed by atoms with Gasteiger partial charge in [0, 0.05) is 6.61 Å². The van der Waals surface area contributed by atoms with Crippen LogP contribution in [-0.2, 0) is 11.2 Å². The molecule has 1 atom stereocenters. The van der Waals surface area contributed by atoms with Crippen LogP contribution in [0.1, 0.15) is 57.7 Å². The number of rotatable bonds is 7. The average molecular weight is 317 g/mol. The molecular weight excluding hydrogens is 296 g/mol. The van der Waals surface area contributed by atoms with Gasteiger partial charge >= 0.3 is 0 Å². The van der Waals surface area contributed by atoms with Crippen molar-refractivity contribution in [2.75, 3.05) is 6.61 Å². The summed E-state index contributed by atoms with van der Waals surface area (Å²) in [5, 5.41) is 0. The minimum Gasteiger partial charge on any atom is -0.371 e. The number of hydrogen-bond acceptors (Lipinski definition) is 3. The van der Waals surface area contributed by atoms with E-state index in [1.165, 1.54) is 0 Å². The van der Waals surface area contributed by atoms with Crippen LogP contribution in [0.25, 0.3) is 0 Å². The molecule has 0 bridgehead atoms. The van der Waals surface area contributed by atoms with Crippen molar-refractivity contribution in [2.45, 2.75) is 52.6 Å². The Bertz CT molecular complexity index is 425. The highest BCUT2D eigenvalue weighted by molar-refractivity contribution is 9.10. The maximum atomic E-state index is 11.9. The van der Waals surface area contributed by atoms with E-state index in [2.05, 4.69) is 39.7 Å². The van der Waals surface area contributed by atoms with Crippen LogP contribution in [0.5, 0.6) is 0 Å². The van der Waals surface area contributed by atoms with Gasteiger partial charge in [-0.25, -0.2) is 4.98 Å². The van der Waals surface area contributed by atoms with Crippen LogP contribution < -0.4 is 5.56 Å². The van der Waals surface area contributed by atoms with Crippen LogP contribution in [0.4, 0.5) is 0 Å². The Balaban J connectivity index is 3.10. The van der Waals surface area contributed by atoms with E-state index in [1.807, 2.05) is 6.92 Å². The zero-order valence-corrected chi connectivity index (χ0v) is 12.8. The summed E-state index contributed by atoms with van der Waals surface area (Å²) in [7, 11) is 0. The minimum absolute atomic E-state index is 0.114. The molecule has 0 spiro atoms. The lowest BCUT2D eigenvalue weighted by Crippen LogP contribution is -2.19. The third-order valence-corrected chi connectivity index (χ3v) is 3.48. The molecule has 0 saturated carbocycles. The van der Waals surface area contributed by atoms with Gasteiger partial charge in [0.25, 0.3) is 5.56 Å². The van der Waals surface area contributed by atoms with E-state index in [0.717, 1.165) is 31.4 Å². The summed E-state index contributed by atoms with van der Waals surface area (Å²) in [6, 6.07) is 0. The lowest BCUT2D eigenvalue weighted by molar-refractivity contribution is 0.0490. The fourth-order valence-corrected chi connectivity index (χ4v) is 2.23. The summed E-state index contributed by atoms with van der Waals surface area (Å²) in [6.45, 7) is 6.73. The molecule has 18 heavy (non-hydrogen) atoms. The predicted octanol–water partition coefficient (Wildman–Crippen LogP) is 3.36. The number of aromatic nitrogens is 2. The van der Waals surface area contributed by atoms with Gasteiger partial charge in [0.15, 0.2) is 0 Å². The molecule has 4 nitrogen and oxygen atoms in total. The summed E-state index contributed by atoms with van der Waals surface area (Å²) in [4.78, 5) is 19.2. The first-order valence-electron chi connectivity index (χ1n) is 6.54. The molecule has 0 aliphatic carbocycles. The zero-order valence-electron chi connectivity index (χ0n) is 11.3. The van der Waals surface area contributed by atoms with Gasteiger partial charge in [-0.05, 0) is 35.7 Å². The normalized spacial score (nSPS) is 12.7. The SMILES string of the molecule is CCCc1nc(C(CCC)OCC)[nH]c(=O)c1Br. The van der Waals surface area contributed by atoms with Crippen molar-refractivity contribution in [3.05, 3.63) is 26.3 Å². The van der Waals surface area contributed by atoms with Crippen LogP contribution in [0.2, 0.25) is 0 Å². The first-order valence-corrected chi connectivity index (χ1v) is 7.33. The molecule has 1 aromatic rings. The van der Waals surface area contributed by atoms with Gasteiger partial charge in [-0.1, -0.05) is 26.7 Å². The maximum Gasteiger partial charge on any atom is 0.265 e. The van der Waals surface area contributed by atoms with E-state index in [0.29, 0.717) is 16.9 Å². The molecule has 102 valence electrons. The molecule has 1 N–H and O–H groups in total. The Morgan fingerprint density at radius 1 is 1.33 bits per heavy atom. The van der Waals surface area contributed by atoms with Crippen molar-refractivity contribution in [3.63, 3.8) is 0 Å². The molecule has 0 radical (unpaired) electrons. The van der Waals surface area contributed by atoms with Crippen LogP contribution in [0, 0.1) is 0 Å². The third kappa shape index (κ3) is 3.92. The number of ether oxygens (including phenoxy) is 1. The Morgan fingerprint density at radius 2 is 2.06 bits per heavy atom. The molecule has 0 fully saturated rings. The van der Waals surface area contributed by atoms with Gasteiger partial charge in [-0.3, -0.25) is 4.79 Å². The average Bonchev–Trinajstić information content (AvgIpc) is 2.34. The smallest absolute Gasteiger partial charge is 0.265 e. The van der Waals surface area contributed by atoms with E-state index in [-0.39, 0.29) is 11.7 Å². The Morgan fingerprint density at radius 3 is 2.61 bits per heavy atom. The number of nitrogens with zero attached hydrogens (tertiary/aromatic N) is 1. The Kier molecular flexibility index (Phi) is 6.57. The lowest BCUT2D eigenvalue weighted by atomic mass is 10.2. The quantitative estimate of drug-likeness (QED) is 0.839. The summed E-state index contributed by atoms with van der Waals surface area (Å²) >= 11 is 3.30. The Labute approximate surface area is 116 Å². The van der Waals surface area contributed by atoms with Crippen molar-refractivity contribution < 1.29 is 4.74 Å². The van der Waals surface area contributed by atoms with E-state index >= 15 is 0 Å². The van der Waals surface area contributed by atoms with Crippen LogP contribution in [-0.4, -0.2) is 16.6 Å². The second kappa shape index (κ2) is 7.69. The molecule has 0 saturated heterocycles. The topological polar surface area (TPSA) is 55.0 Å². The number of aromatic amines is 1. The molecule has 1 unspecified atom stereocenters. The molecule has 0 aliphatic heterocycles. The fourth-order valence-electron chi connectivity index (χ4n) is 1.84. The minimum atomic E-state index is -0.121. The highest BCUT2D eigenvalue weighted by Gasteiger charge is 2.16.